The van der Waals surface area contributed by atoms with E-state index in [2.05, 4.69) is 34.5 Å². The molecule has 2 N–H and O–H groups in total. The number of benzene rings is 1. The van der Waals surface area contributed by atoms with E-state index < -0.39 is 0 Å². The minimum Gasteiger partial charge on any atom is -0.393 e. The molecule has 2 unspecified atom stereocenters. The van der Waals surface area contributed by atoms with Crippen molar-refractivity contribution in [2.45, 2.75) is 51.2 Å². The van der Waals surface area contributed by atoms with Gasteiger partial charge in [-0.15, -0.1) is 0 Å². The molecule has 3 rings (SSSR count). The first-order valence-electron chi connectivity index (χ1n) is 9.64. The lowest BCUT2D eigenvalue weighted by Gasteiger charge is -2.30. The number of ether oxygens (including phenoxy) is 1. The van der Waals surface area contributed by atoms with Crippen LogP contribution >= 0.6 is 0 Å². The largest absolute Gasteiger partial charge is 0.393 e. The van der Waals surface area contributed by atoms with Gasteiger partial charge in [-0.25, -0.2) is 0 Å². The first kappa shape index (κ1) is 17.7. The summed E-state index contributed by atoms with van der Waals surface area (Å²) in [6, 6.07) is 8.70. The third kappa shape index (κ3) is 4.95. The van der Waals surface area contributed by atoms with Gasteiger partial charge in [0.25, 0.3) is 0 Å². The van der Waals surface area contributed by atoms with Gasteiger partial charge in [0.2, 0.25) is 0 Å². The average Bonchev–Trinajstić information content (AvgIpc) is 2.64. The number of nitrogens with one attached hydrogen (secondary N) is 1. The van der Waals surface area contributed by atoms with E-state index in [0.29, 0.717) is 5.92 Å². The van der Waals surface area contributed by atoms with Crippen LogP contribution in [0.1, 0.15) is 44.1 Å². The van der Waals surface area contributed by atoms with Gasteiger partial charge >= 0.3 is 0 Å². The molecule has 1 saturated heterocycles. The summed E-state index contributed by atoms with van der Waals surface area (Å²) >= 11 is 0. The third-order valence-corrected chi connectivity index (χ3v) is 5.46. The molecule has 0 bridgehead atoms. The van der Waals surface area contributed by atoms with E-state index in [0.717, 1.165) is 58.7 Å². The van der Waals surface area contributed by atoms with E-state index in [1.807, 2.05) is 0 Å². The van der Waals surface area contributed by atoms with E-state index in [-0.39, 0.29) is 6.10 Å². The molecular weight excluding hydrogens is 300 g/mol. The topological polar surface area (TPSA) is 44.7 Å². The number of morpholine rings is 1. The van der Waals surface area contributed by atoms with Crippen molar-refractivity contribution >= 4 is 5.69 Å². The summed E-state index contributed by atoms with van der Waals surface area (Å²) in [6.45, 7) is 5.56. The van der Waals surface area contributed by atoms with Gasteiger partial charge in [-0.1, -0.05) is 31.0 Å². The average molecular weight is 332 g/mol. The molecular formula is C20H32N2O2. The summed E-state index contributed by atoms with van der Waals surface area (Å²) in [5.41, 5.74) is 2.72. The first-order chi connectivity index (χ1) is 11.8. The molecule has 24 heavy (non-hydrogen) atoms. The highest BCUT2D eigenvalue weighted by molar-refractivity contribution is 5.53. The van der Waals surface area contributed by atoms with Crippen molar-refractivity contribution in [3.05, 3.63) is 29.8 Å². The maximum atomic E-state index is 10.0. The molecule has 2 atom stereocenters. The van der Waals surface area contributed by atoms with Gasteiger partial charge in [0.1, 0.15) is 0 Å². The Kier molecular flexibility index (Phi) is 6.94. The van der Waals surface area contributed by atoms with Crippen molar-refractivity contribution in [2.75, 3.05) is 37.7 Å². The lowest BCUT2D eigenvalue weighted by molar-refractivity contribution is 0.0643. The zero-order valence-corrected chi connectivity index (χ0v) is 14.8. The molecule has 0 aromatic heterocycles. The second kappa shape index (κ2) is 9.40. The molecule has 134 valence electrons. The van der Waals surface area contributed by atoms with Crippen LogP contribution in [0.25, 0.3) is 0 Å². The number of hydrogen-bond acceptors (Lipinski definition) is 4. The lowest BCUT2D eigenvalue weighted by atomic mass is 9.83. The van der Waals surface area contributed by atoms with Crippen molar-refractivity contribution in [1.82, 2.24) is 5.32 Å². The molecule has 1 saturated carbocycles. The monoisotopic (exact) mass is 332 g/mol. The molecule has 0 amide bonds. The molecule has 4 heteroatoms. The van der Waals surface area contributed by atoms with Crippen LogP contribution in [0.4, 0.5) is 5.69 Å². The Hall–Kier alpha value is -1.10. The predicted octanol–water partition coefficient (Wildman–Crippen LogP) is 2.94. The zero-order valence-electron chi connectivity index (χ0n) is 14.8. The van der Waals surface area contributed by atoms with Crippen LogP contribution in [0.2, 0.25) is 0 Å². The van der Waals surface area contributed by atoms with Gasteiger partial charge in [0, 0.05) is 25.3 Å². The zero-order chi connectivity index (χ0) is 16.6. The molecule has 4 nitrogen and oxygen atoms in total. The van der Waals surface area contributed by atoms with Crippen LogP contribution < -0.4 is 10.2 Å². The maximum absolute atomic E-state index is 10.0. The number of aliphatic hydroxyl groups is 1. The molecule has 2 fully saturated rings. The van der Waals surface area contributed by atoms with Crippen LogP contribution in [0.5, 0.6) is 0 Å². The standard InChI is InChI=1S/C20H32N2O2/c23-20-10-4-2-6-17(20)8-5-11-21-16-18-7-1-3-9-19(18)22-12-14-24-15-13-22/h1,3,7,9,17,20-21,23H,2,4-6,8,10-16H2. The van der Waals surface area contributed by atoms with Crippen LogP contribution in [0.3, 0.4) is 0 Å². The van der Waals surface area contributed by atoms with E-state index in [1.54, 1.807) is 0 Å². The normalized spacial score (nSPS) is 25.0. The van der Waals surface area contributed by atoms with Gasteiger partial charge in [-0.2, -0.15) is 0 Å². The first-order valence-corrected chi connectivity index (χ1v) is 9.64. The van der Waals surface area contributed by atoms with Crippen LogP contribution in [0, 0.1) is 5.92 Å². The van der Waals surface area contributed by atoms with Crippen LogP contribution in [-0.4, -0.2) is 44.1 Å². The summed E-state index contributed by atoms with van der Waals surface area (Å²) in [5.74, 6) is 0.529. The van der Waals surface area contributed by atoms with E-state index in [9.17, 15) is 5.11 Å². The van der Waals surface area contributed by atoms with Gasteiger partial charge < -0.3 is 20.1 Å². The van der Waals surface area contributed by atoms with Crippen molar-refractivity contribution in [1.29, 1.82) is 0 Å². The predicted molar refractivity (Wildman–Crippen MR) is 98.4 cm³/mol. The fourth-order valence-corrected chi connectivity index (χ4v) is 4.01. The van der Waals surface area contributed by atoms with Gasteiger partial charge in [0.05, 0.1) is 19.3 Å². The second-order valence-corrected chi connectivity index (χ2v) is 7.16. The van der Waals surface area contributed by atoms with E-state index >= 15 is 0 Å². The third-order valence-electron chi connectivity index (χ3n) is 5.46. The Morgan fingerprint density at radius 1 is 1.12 bits per heavy atom. The summed E-state index contributed by atoms with van der Waals surface area (Å²) in [5, 5.41) is 13.6. The number of nitrogens with zero attached hydrogens (tertiary/aromatic N) is 1. The van der Waals surface area contributed by atoms with Crippen molar-refractivity contribution in [2.24, 2.45) is 5.92 Å². The maximum Gasteiger partial charge on any atom is 0.0642 e. The Morgan fingerprint density at radius 2 is 1.92 bits per heavy atom. The Balaban J connectivity index is 1.41. The molecule has 0 radical (unpaired) electrons. The van der Waals surface area contributed by atoms with E-state index in [1.165, 1.54) is 30.5 Å². The quantitative estimate of drug-likeness (QED) is 0.754. The molecule has 1 aliphatic carbocycles. The smallest absolute Gasteiger partial charge is 0.0642 e. The Morgan fingerprint density at radius 3 is 2.75 bits per heavy atom. The number of aliphatic hydroxyl groups excluding tert-OH is 1. The minimum atomic E-state index is -0.0548. The van der Waals surface area contributed by atoms with Gasteiger partial charge in [-0.3, -0.25) is 0 Å². The highest BCUT2D eigenvalue weighted by Gasteiger charge is 2.22. The molecule has 1 aliphatic heterocycles. The van der Waals surface area contributed by atoms with E-state index in [4.69, 9.17) is 4.74 Å². The Labute approximate surface area is 146 Å². The lowest BCUT2D eigenvalue weighted by Crippen LogP contribution is -2.37. The molecule has 1 heterocycles. The van der Waals surface area contributed by atoms with Crippen LogP contribution in [0.15, 0.2) is 24.3 Å². The molecule has 1 aromatic carbocycles. The highest BCUT2D eigenvalue weighted by Crippen LogP contribution is 2.27. The molecule has 1 aromatic rings. The fourth-order valence-electron chi connectivity index (χ4n) is 4.01. The SMILES string of the molecule is OC1CCCCC1CCCNCc1ccccc1N1CCOCC1. The second-order valence-electron chi connectivity index (χ2n) is 7.16. The van der Waals surface area contributed by atoms with Crippen molar-refractivity contribution in [3.63, 3.8) is 0 Å². The number of hydrogen-bond donors (Lipinski definition) is 2. The Bertz CT molecular complexity index is 488. The van der Waals surface area contributed by atoms with Gasteiger partial charge in [0.15, 0.2) is 0 Å². The van der Waals surface area contributed by atoms with Crippen LogP contribution in [-0.2, 0) is 11.3 Å². The molecule has 2 aliphatic rings. The highest BCUT2D eigenvalue weighted by atomic mass is 16.5. The summed E-state index contributed by atoms with van der Waals surface area (Å²) in [4.78, 5) is 2.43. The van der Waals surface area contributed by atoms with Crippen molar-refractivity contribution < 1.29 is 9.84 Å². The summed E-state index contributed by atoms with van der Waals surface area (Å²) in [7, 11) is 0. The molecule has 0 spiro atoms. The van der Waals surface area contributed by atoms with Crippen molar-refractivity contribution in [3.8, 4) is 0 Å². The summed E-state index contributed by atoms with van der Waals surface area (Å²) in [6.07, 6.45) is 6.96. The number of anilines is 1. The minimum absolute atomic E-state index is 0.0548. The number of para-hydroxylation sites is 1. The number of rotatable bonds is 7. The fraction of sp³-hybridized carbons (Fsp3) is 0.700. The summed E-state index contributed by atoms with van der Waals surface area (Å²) < 4.78 is 5.46. The van der Waals surface area contributed by atoms with Gasteiger partial charge in [-0.05, 0) is 49.8 Å².